The van der Waals surface area contributed by atoms with Crippen LogP contribution in [0, 0.1) is 0 Å². The van der Waals surface area contributed by atoms with Crippen molar-refractivity contribution < 1.29 is 27.5 Å². The third-order valence-corrected chi connectivity index (χ3v) is 7.36. The van der Waals surface area contributed by atoms with Gasteiger partial charge in [0.1, 0.15) is 20.6 Å². The van der Waals surface area contributed by atoms with Crippen molar-refractivity contribution in [1.82, 2.24) is 4.90 Å². The quantitative estimate of drug-likeness (QED) is 0.556. The van der Waals surface area contributed by atoms with Crippen LogP contribution in [0.5, 0.6) is 0 Å². The Hall–Kier alpha value is -0.695. The van der Waals surface area contributed by atoms with Crippen LogP contribution in [0.3, 0.4) is 0 Å². The number of aliphatic hydroxyl groups excluding tert-OH is 1. The molecule has 0 amide bonds. The van der Waals surface area contributed by atoms with Crippen molar-refractivity contribution in [1.29, 1.82) is 0 Å². The molecule has 0 aromatic carbocycles. The van der Waals surface area contributed by atoms with Crippen molar-refractivity contribution in [2.75, 3.05) is 33.4 Å². The molecule has 4 rings (SSSR count). The third kappa shape index (κ3) is 1.68. The summed E-state index contributed by atoms with van der Waals surface area (Å²) in [6.45, 7) is 11.0. The van der Waals surface area contributed by atoms with Gasteiger partial charge in [0.05, 0.1) is 31.8 Å². The second-order valence-corrected chi connectivity index (χ2v) is 8.73. The zero-order valence-electron chi connectivity index (χ0n) is 15.3. The van der Waals surface area contributed by atoms with E-state index in [1.807, 2.05) is 0 Å². The second-order valence-electron chi connectivity index (χ2n) is 8.73. The number of hydrogen-bond donors (Lipinski definition) is 1. The van der Waals surface area contributed by atoms with Gasteiger partial charge in [-0.15, -0.1) is 0 Å². The van der Waals surface area contributed by atoms with E-state index in [-0.39, 0.29) is 20.6 Å². The lowest BCUT2D eigenvalue weighted by Crippen LogP contribution is -2.82. The molecule has 0 saturated carbocycles. The van der Waals surface area contributed by atoms with Crippen LogP contribution >= 0.6 is 0 Å². The summed E-state index contributed by atoms with van der Waals surface area (Å²) in [6, 6.07) is 2.78. The molecule has 7 nitrogen and oxygen atoms in total. The standard InChI is InChI=1S/C14H33B3N4O3/c1-10-6-18(11(2)8-22)14-19(10)16-20(5)12(3)7-21(15)13(4)9-23-17(20,21)24-14/h10-13,22H,6-9,16H2,1-5,15H3/t10-,11-,12-,13-,17+,20-,21-/m0/s1. The Bertz CT molecular complexity index is 610. The number of quaternary nitrogens is 2. The van der Waals surface area contributed by atoms with Crippen molar-refractivity contribution in [2.24, 2.45) is 0 Å². The fourth-order valence-electron chi connectivity index (χ4n) is 5.46. The van der Waals surface area contributed by atoms with Crippen LogP contribution in [0.4, 0.5) is 0 Å². The molecule has 2 saturated heterocycles. The normalized spacial score (nSPS) is 51.3. The predicted molar refractivity (Wildman–Crippen MR) is 99.5 cm³/mol. The molecular formula is C14H33B3N4O3. The minimum atomic E-state index is -1.34. The number of aliphatic hydroxyl groups is 1. The molecule has 4 heterocycles. The lowest BCUT2D eigenvalue weighted by Gasteiger charge is -2.62. The Kier molecular flexibility index (Phi) is 3.44. The number of rotatable bonds is 2. The topological polar surface area (TPSA) is 44.9 Å². The maximum absolute atomic E-state index is 9.69. The summed E-state index contributed by atoms with van der Waals surface area (Å²) in [5.41, 5.74) is 0. The van der Waals surface area contributed by atoms with Crippen molar-refractivity contribution in [3.05, 3.63) is 0 Å². The molecule has 4 aliphatic rings. The van der Waals surface area contributed by atoms with Gasteiger partial charge in [0, 0.05) is 13.1 Å². The van der Waals surface area contributed by atoms with Gasteiger partial charge in [0.25, 0.3) is 0 Å². The summed E-state index contributed by atoms with van der Waals surface area (Å²) in [6.07, 6.45) is 0. The highest BCUT2D eigenvalue weighted by Crippen LogP contribution is 2.47. The summed E-state index contributed by atoms with van der Waals surface area (Å²) in [7, 11) is 2.00. The van der Waals surface area contributed by atoms with Crippen molar-refractivity contribution in [2.45, 2.75) is 51.9 Å². The Morgan fingerprint density at radius 1 is 1.46 bits per heavy atom. The van der Waals surface area contributed by atoms with Gasteiger partial charge in [-0.25, -0.2) is 4.90 Å². The number of hydrogen-bond acceptors (Lipinski definition) is 4. The maximum Gasteiger partial charge on any atom is 0.675 e. The molecule has 10 heteroatoms. The van der Waals surface area contributed by atoms with E-state index in [2.05, 4.69) is 44.1 Å². The van der Waals surface area contributed by atoms with E-state index in [1.165, 1.54) is 6.54 Å². The SMILES string of the molecule is [BH3-][N@@+]12C[C@H](C)[N@@+]3(C)[BH2-][N+]4=C(O[B@@-]13OC[C@@H]2C)N([C@@H](C)CO)C[C@@H]4C. The van der Waals surface area contributed by atoms with Crippen LogP contribution in [0.1, 0.15) is 27.7 Å². The molecule has 1 N–H and O–H groups in total. The summed E-state index contributed by atoms with van der Waals surface area (Å²) in [5, 5.41) is 9.69. The van der Waals surface area contributed by atoms with E-state index in [9.17, 15) is 5.11 Å². The molecule has 0 radical (unpaired) electrons. The highest BCUT2D eigenvalue weighted by molar-refractivity contribution is 6.63. The molecule has 2 fully saturated rings. The lowest BCUT2D eigenvalue weighted by molar-refractivity contribution is -0.816. The van der Waals surface area contributed by atoms with E-state index >= 15 is 0 Å². The molecule has 0 aromatic rings. The van der Waals surface area contributed by atoms with Crippen molar-refractivity contribution >= 4 is 28.4 Å². The summed E-state index contributed by atoms with van der Waals surface area (Å²) >= 11 is 0. The van der Waals surface area contributed by atoms with Gasteiger partial charge in [0.2, 0.25) is 0 Å². The monoisotopic (exact) mass is 338 g/mol. The molecule has 7 atom stereocenters. The number of nitrogens with zero attached hydrogens (tertiary/aromatic N) is 4. The van der Waals surface area contributed by atoms with Crippen LogP contribution in [-0.4, -0.2) is 109 Å². The maximum atomic E-state index is 9.69. The Morgan fingerprint density at radius 3 is 2.83 bits per heavy atom. The molecule has 136 valence electrons. The Labute approximate surface area is 146 Å². The van der Waals surface area contributed by atoms with Crippen LogP contribution in [-0.2, 0) is 9.31 Å². The first kappa shape index (κ1) is 16.8. The lowest BCUT2D eigenvalue weighted by atomic mass is 9.67. The number of amidine groups is 1. The van der Waals surface area contributed by atoms with E-state index in [1.54, 1.807) is 0 Å². The average molecular weight is 338 g/mol. The van der Waals surface area contributed by atoms with Crippen LogP contribution in [0.2, 0.25) is 0 Å². The molecule has 0 unspecified atom stereocenters. The highest BCUT2D eigenvalue weighted by Gasteiger charge is 2.74. The zero-order valence-corrected chi connectivity index (χ0v) is 15.3. The van der Waals surface area contributed by atoms with Crippen LogP contribution in [0.25, 0.3) is 0 Å². The van der Waals surface area contributed by atoms with Crippen molar-refractivity contribution in [3.63, 3.8) is 0 Å². The second kappa shape index (κ2) is 4.93. The molecule has 0 aromatic heterocycles. The van der Waals surface area contributed by atoms with E-state index in [0.29, 0.717) is 18.1 Å². The van der Waals surface area contributed by atoms with Gasteiger partial charge >= 0.3 is 20.4 Å². The molecular weight excluding hydrogens is 305 g/mol. The Morgan fingerprint density at radius 2 is 2.17 bits per heavy atom. The van der Waals surface area contributed by atoms with Gasteiger partial charge in [-0.2, -0.15) is 0 Å². The molecule has 1 spiro atoms. The number of likely N-dealkylation sites (N-methyl/N-ethyl adjacent to an activating group) is 1. The van der Waals surface area contributed by atoms with Gasteiger partial charge in [-0.3, -0.25) is 0 Å². The molecule has 0 aliphatic carbocycles. The Balaban J connectivity index is 1.82. The van der Waals surface area contributed by atoms with E-state index < -0.39 is 14.4 Å². The predicted octanol–water partition coefficient (Wildman–Crippen LogP) is -2.73. The van der Waals surface area contributed by atoms with Gasteiger partial charge in [-0.05, 0) is 27.7 Å². The first-order chi connectivity index (χ1) is 11.2. The summed E-state index contributed by atoms with van der Waals surface area (Å²) in [5.74, 6) is 0. The third-order valence-electron chi connectivity index (χ3n) is 7.36. The van der Waals surface area contributed by atoms with Gasteiger partial charge in [-0.1, -0.05) is 0 Å². The van der Waals surface area contributed by atoms with Crippen LogP contribution < -0.4 is 0 Å². The fourth-order valence-corrected chi connectivity index (χ4v) is 5.46. The fraction of sp³-hybridized carbons (Fsp3) is 0.929. The van der Waals surface area contributed by atoms with Gasteiger partial charge in [0.15, 0.2) is 0 Å². The largest absolute Gasteiger partial charge is 0.675 e. The average Bonchev–Trinajstić information content (AvgIpc) is 3.04. The highest BCUT2D eigenvalue weighted by atomic mass is 16.7. The molecule has 24 heavy (non-hydrogen) atoms. The summed E-state index contributed by atoms with van der Waals surface area (Å²) < 4.78 is 18.2. The zero-order chi connectivity index (χ0) is 17.5. The summed E-state index contributed by atoms with van der Waals surface area (Å²) in [4.78, 5) is 2.29. The molecule has 0 bridgehead atoms. The minimum Gasteiger partial charge on any atom is -0.592 e. The van der Waals surface area contributed by atoms with Crippen LogP contribution in [0.15, 0.2) is 0 Å². The first-order valence-corrected chi connectivity index (χ1v) is 9.19. The van der Waals surface area contributed by atoms with Gasteiger partial charge < -0.3 is 27.5 Å². The smallest absolute Gasteiger partial charge is 0.592 e. The minimum absolute atomic E-state index is 0.0373. The van der Waals surface area contributed by atoms with Crippen molar-refractivity contribution in [3.8, 4) is 0 Å². The first-order valence-electron chi connectivity index (χ1n) is 9.19. The molecule has 4 aliphatic heterocycles. The van der Waals surface area contributed by atoms with E-state index in [4.69, 9.17) is 9.31 Å². The van der Waals surface area contributed by atoms with E-state index in [0.717, 1.165) is 27.8 Å².